The van der Waals surface area contributed by atoms with Crippen molar-refractivity contribution >= 4 is 11.4 Å². The lowest BCUT2D eigenvalue weighted by atomic mass is 9.98. The van der Waals surface area contributed by atoms with Gasteiger partial charge in [0.25, 0.3) is 0 Å². The maximum Gasteiger partial charge on any atom is 0.416 e. The Morgan fingerprint density at radius 1 is 0.955 bits per heavy atom. The fourth-order valence-corrected chi connectivity index (χ4v) is 1.60. The number of halogens is 6. The fraction of sp³-hybridized carbons (Fsp3) is 0.462. The molecule has 0 fully saturated rings. The largest absolute Gasteiger partial charge is 0.416 e. The lowest BCUT2D eigenvalue weighted by Gasteiger charge is -2.27. The molecule has 3 nitrogen and oxygen atoms in total. The van der Waals surface area contributed by atoms with Gasteiger partial charge in [0.1, 0.15) is 0 Å². The zero-order chi connectivity index (χ0) is 17.3. The third kappa shape index (κ3) is 4.28. The van der Waals surface area contributed by atoms with Crippen LogP contribution in [0.5, 0.6) is 0 Å². The quantitative estimate of drug-likeness (QED) is 0.363. The van der Waals surface area contributed by atoms with E-state index in [9.17, 15) is 26.3 Å². The first-order valence-electron chi connectivity index (χ1n) is 6.04. The summed E-state index contributed by atoms with van der Waals surface area (Å²) >= 11 is 0. The Morgan fingerprint density at radius 2 is 1.36 bits per heavy atom. The SMILES string of the molecule is CC(=NO)C(C)(C)Nc1cc(C(F)(F)F)cc(C(F)(F)F)c1. The predicted octanol–water partition coefficient (Wildman–Crippen LogP) is 4.76. The van der Waals surface area contributed by atoms with E-state index in [4.69, 9.17) is 5.21 Å². The highest BCUT2D eigenvalue weighted by atomic mass is 19.4. The van der Waals surface area contributed by atoms with Crippen LogP contribution in [0.1, 0.15) is 31.9 Å². The van der Waals surface area contributed by atoms with Gasteiger partial charge in [-0.2, -0.15) is 26.3 Å². The molecule has 1 aromatic carbocycles. The molecule has 0 unspecified atom stereocenters. The van der Waals surface area contributed by atoms with E-state index in [-0.39, 0.29) is 17.5 Å². The monoisotopic (exact) mass is 328 g/mol. The second-order valence-electron chi connectivity index (χ2n) is 5.23. The molecule has 0 aliphatic carbocycles. The Labute approximate surface area is 122 Å². The first kappa shape index (κ1) is 18.1. The summed E-state index contributed by atoms with van der Waals surface area (Å²) in [7, 11) is 0. The average molecular weight is 328 g/mol. The molecule has 0 saturated carbocycles. The number of oxime groups is 1. The molecular weight excluding hydrogens is 314 g/mol. The van der Waals surface area contributed by atoms with Crippen LogP contribution in [-0.2, 0) is 12.4 Å². The Balaban J connectivity index is 3.37. The zero-order valence-electron chi connectivity index (χ0n) is 11.9. The maximum absolute atomic E-state index is 12.7. The molecule has 0 aliphatic heterocycles. The molecule has 0 amide bonds. The third-order valence-electron chi connectivity index (χ3n) is 3.10. The molecule has 1 rings (SSSR count). The van der Waals surface area contributed by atoms with E-state index in [0.29, 0.717) is 12.1 Å². The van der Waals surface area contributed by atoms with Crippen LogP contribution >= 0.6 is 0 Å². The highest BCUT2D eigenvalue weighted by molar-refractivity contribution is 5.92. The zero-order valence-corrected chi connectivity index (χ0v) is 11.9. The van der Waals surface area contributed by atoms with Crippen molar-refractivity contribution in [1.82, 2.24) is 0 Å². The van der Waals surface area contributed by atoms with Gasteiger partial charge in [0.05, 0.1) is 22.4 Å². The summed E-state index contributed by atoms with van der Waals surface area (Å²) in [6, 6.07) is 1.19. The maximum atomic E-state index is 12.7. The number of anilines is 1. The molecule has 0 atom stereocenters. The summed E-state index contributed by atoms with van der Waals surface area (Å²) in [5.41, 5.74) is -4.26. The summed E-state index contributed by atoms with van der Waals surface area (Å²) in [5, 5.41) is 14.1. The lowest BCUT2D eigenvalue weighted by Crippen LogP contribution is -2.38. The van der Waals surface area contributed by atoms with Gasteiger partial charge < -0.3 is 10.5 Å². The van der Waals surface area contributed by atoms with Gasteiger partial charge >= 0.3 is 12.4 Å². The average Bonchev–Trinajstić information content (AvgIpc) is 2.34. The molecule has 9 heteroatoms. The molecule has 0 radical (unpaired) electrons. The minimum Gasteiger partial charge on any atom is -0.411 e. The van der Waals surface area contributed by atoms with E-state index in [2.05, 4.69) is 10.5 Å². The topological polar surface area (TPSA) is 44.6 Å². The van der Waals surface area contributed by atoms with E-state index in [1.807, 2.05) is 0 Å². The van der Waals surface area contributed by atoms with Gasteiger partial charge in [-0.1, -0.05) is 5.16 Å². The fourth-order valence-electron chi connectivity index (χ4n) is 1.60. The third-order valence-corrected chi connectivity index (χ3v) is 3.10. The van der Waals surface area contributed by atoms with E-state index in [1.54, 1.807) is 0 Å². The first-order chi connectivity index (χ1) is 9.77. The molecule has 0 heterocycles. The smallest absolute Gasteiger partial charge is 0.411 e. The van der Waals surface area contributed by atoms with Gasteiger partial charge in [0.2, 0.25) is 0 Å². The van der Waals surface area contributed by atoms with E-state index in [1.165, 1.54) is 20.8 Å². The van der Waals surface area contributed by atoms with Gasteiger partial charge in [0, 0.05) is 5.69 Å². The Kier molecular flexibility index (Phi) is 4.69. The van der Waals surface area contributed by atoms with Crippen molar-refractivity contribution in [3.05, 3.63) is 29.3 Å². The molecule has 124 valence electrons. The molecular formula is C13H14F6N2O. The second kappa shape index (κ2) is 5.69. The minimum absolute atomic E-state index is 0.0468. The molecule has 0 aliphatic rings. The lowest BCUT2D eigenvalue weighted by molar-refractivity contribution is -0.143. The standard InChI is InChI=1S/C13H14F6N2O/c1-7(21-22)11(2,3)20-10-5-8(12(14,15)16)4-9(6-10)13(17,18)19/h4-6,20,22H,1-3H3. The molecule has 1 aromatic rings. The van der Waals surface area contributed by atoms with Crippen molar-refractivity contribution in [3.63, 3.8) is 0 Å². The highest BCUT2D eigenvalue weighted by Crippen LogP contribution is 2.38. The van der Waals surface area contributed by atoms with Crippen LogP contribution < -0.4 is 5.32 Å². The number of alkyl halides is 6. The first-order valence-corrected chi connectivity index (χ1v) is 6.04. The number of hydrogen-bond donors (Lipinski definition) is 2. The summed E-state index contributed by atoms with van der Waals surface area (Å²) in [6.45, 7) is 4.29. The number of benzene rings is 1. The van der Waals surface area contributed by atoms with Gasteiger partial charge in [0.15, 0.2) is 0 Å². The van der Waals surface area contributed by atoms with E-state index in [0.717, 1.165) is 0 Å². The van der Waals surface area contributed by atoms with Crippen LogP contribution in [0, 0.1) is 0 Å². The minimum atomic E-state index is -4.91. The number of nitrogens with one attached hydrogen (secondary N) is 1. The molecule has 2 N–H and O–H groups in total. The van der Waals surface area contributed by atoms with Crippen LogP contribution in [-0.4, -0.2) is 16.5 Å². The predicted molar refractivity (Wildman–Crippen MR) is 69.0 cm³/mol. The van der Waals surface area contributed by atoms with Gasteiger partial charge in [-0.25, -0.2) is 0 Å². The second-order valence-corrected chi connectivity index (χ2v) is 5.23. The van der Waals surface area contributed by atoms with Crippen molar-refractivity contribution < 1.29 is 31.5 Å². The van der Waals surface area contributed by atoms with Crippen LogP contribution in [0.4, 0.5) is 32.0 Å². The van der Waals surface area contributed by atoms with Crippen molar-refractivity contribution in [3.8, 4) is 0 Å². The van der Waals surface area contributed by atoms with Crippen molar-refractivity contribution in [2.75, 3.05) is 5.32 Å². The van der Waals surface area contributed by atoms with Gasteiger partial charge in [-0.3, -0.25) is 0 Å². The molecule has 0 saturated heterocycles. The summed E-state index contributed by atoms with van der Waals surface area (Å²) in [5.74, 6) is 0. The van der Waals surface area contributed by atoms with Crippen molar-refractivity contribution in [2.24, 2.45) is 5.16 Å². The van der Waals surface area contributed by atoms with E-state index < -0.39 is 29.0 Å². The van der Waals surface area contributed by atoms with Crippen LogP contribution in [0.15, 0.2) is 23.4 Å². The Hall–Kier alpha value is -1.93. The number of hydrogen-bond acceptors (Lipinski definition) is 3. The highest BCUT2D eigenvalue weighted by Gasteiger charge is 2.37. The molecule has 0 spiro atoms. The normalized spacial score (nSPS) is 14.1. The Morgan fingerprint density at radius 3 is 1.68 bits per heavy atom. The number of rotatable bonds is 3. The Bertz CT molecular complexity index is 543. The van der Waals surface area contributed by atoms with E-state index >= 15 is 0 Å². The summed E-state index contributed by atoms with van der Waals surface area (Å²) in [6.07, 6.45) is -9.83. The number of nitrogens with zero attached hydrogens (tertiary/aromatic N) is 1. The van der Waals surface area contributed by atoms with Crippen molar-refractivity contribution in [2.45, 2.75) is 38.7 Å². The summed E-state index contributed by atoms with van der Waals surface area (Å²) in [4.78, 5) is 0. The molecule has 0 aromatic heterocycles. The van der Waals surface area contributed by atoms with Gasteiger partial charge in [-0.15, -0.1) is 0 Å². The van der Waals surface area contributed by atoms with Crippen LogP contribution in [0.2, 0.25) is 0 Å². The van der Waals surface area contributed by atoms with Crippen LogP contribution in [0.25, 0.3) is 0 Å². The summed E-state index contributed by atoms with van der Waals surface area (Å²) < 4.78 is 76.4. The van der Waals surface area contributed by atoms with Crippen molar-refractivity contribution in [1.29, 1.82) is 0 Å². The molecule has 0 bridgehead atoms. The molecule has 22 heavy (non-hydrogen) atoms. The van der Waals surface area contributed by atoms with Crippen LogP contribution in [0.3, 0.4) is 0 Å². The van der Waals surface area contributed by atoms with Gasteiger partial charge in [-0.05, 0) is 39.0 Å².